The number of carbonyl (C=O) groups excluding carboxylic acids is 2. The van der Waals surface area contributed by atoms with Crippen molar-refractivity contribution in [2.75, 3.05) is 64.3 Å². The molecule has 1 aromatic rings. The molecule has 2 saturated heterocycles. The van der Waals surface area contributed by atoms with Gasteiger partial charge in [0, 0.05) is 64.0 Å². The van der Waals surface area contributed by atoms with Gasteiger partial charge in [0.25, 0.3) is 0 Å². The lowest BCUT2D eigenvalue weighted by atomic mass is 9.91. The van der Waals surface area contributed by atoms with E-state index in [1.807, 2.05) is 57.5 Å². The molecule has 1 amide bonds. The third-order valence-electron chi connectivity index (χ3n) is 8.83. The van der Waals surface area contributed by atoms with Crippen LogP contribution in [0.1, 0.15) is 45.6 Å². The van der Waals surface area contributed by atoms with E-state index in [0.717, 1.165) is 50.5 Å². The number of ether oxygens (including phenoxy) is 2. The van der Waals surface area contributed by atoms with E-state index in [1.54, 1.807) is 22.9 Å². The van der Waals surface area contributed by atoms with Crippen molar-refractivity contribution < 1.29 is 28.6 Å². The van der Waals surface area contributed by atoms with Crippen LogP contribution in [-0.2, 0) is 14.3 Å². The fourth-order valence-electron chi connectivity index (χ4n) is 5.99. The SMILES string of the molecule is C=CSN1CCN(c2cc(F)cc(/C=C(\C)[C@H]3OC(=O)C[C@H](O)CC[C@H](C)[C@@H](OC(=O)N4CCN(C)CC4)/C=C/[C@@H]3C)c2)CC1. The fourth-order valence-corrected chi connectivity index (χ4v) is 6.58. The van der Waals surface area contributed by atoms with Gasteiger partial charge in [-0.2, -0.15) is 0 Å². The van der Waals surface area contributed by atoms with E-state index in [4.69, 9.17) is 9.47 Å². The van der Waals surface area contributed by atoms with Crippen molar-refractivity contribution in [2.45, 2.75) is 58.3 Å². The summed E-state index contributed by atoms with van der Waals surface area (Å²) in [6, 6.07) is 4.99. The van der Waals surface area contributed by atoms with E-state index in [2.05, 4.69) is 20.7 Å². The van der Waals surface area contributed by atoms with Gasteiger partial charge < -0.3 is 29.3 Å². The third-order valence-corrected chi connectivity index (χ3v) is 9.64. The second kappa shape index (κ2) is 16.6. The van der Waals surface area contributed by atoms with Gasteiger partial charge in [-0.1, -0.05) is 44.5 Å². The zero-order chi connectivity index (χ0) is 32.5. The molecule has 0 unspecified atom stereocenters. The summed E-state index contributed by atoms with van der Waals surface area (Å²) in [7, 11) is 2.03. The number of hydrogen-bond acceptors (Lipinski definition) is 9. The summed E-state index contributed by atoms with van der Waals surface area (Å²) < 4.78 is 29.0. The summed E-state index contributed by atoms with van der Waals surface area (Å²) in [5.74, 6) is -1.16. The van der Waals surface area contributed by atoms with Crippen LogP contribution in [0.5, 0.6) is 0 Å². The zero-order valence-corrected chi connectivity index (χ0v) is 27.9. The number of amides is 1. The van der Waals surface area contributed by atoms with E-state index in [0.29, 0.717) is 31.5 Å². The van der Waals surface area contributed by atoms with Gasteiger partial charge in [-0.25, -0.2) is 13.5 Å². The lowest BCUT2D eigenvalue weighted by Crippen LogP contribution is -2.48. The molecule has 5 atom stereocenters. The van der Waals surface area contributed by atoms with Crippen molar-refractivity contribution in [3.63, 3.8) is 0 Å². The molecular weight excluding hydrogens is 595 g/mol. The Balaban J connectivity index is 1.54. The minimum atomic E-state index is -0.867. The largest absolute Gasteiger partial charge is 0.457 e. The lowest BCUT2D eigenvalue weighted by Gasteiger charge is -2.35. The van der Waals surface area contributed by atoms with Crippen LogP contribution in [0.4, 0.5) is 14.9 Å². The van der Waals surface area contributed by atoms with Gasteiger partial charge in [-0.3, -0.25) is 4.79 Å². The van der Waals surface area contributed by atoms with Crippen LogP contribution in [0.3, 0.4) is 0 Å². The van der Waals surface area contributed by atoms with Gasteiger partial charge >= 0.3 is 12.1 Å². The molecule has 4 rings (SSSR count). The number of likely N-dealkylation sites (N-methyl/N-ethyl adjacent to an activating group) is 1. The standard InChI is InChI=1S/C34H49FN4O5S/c1-6-45-39-17-15-37(16-18-39)29-21-27(20-28(35)22-29)19-26(4)33-25(3)8-10-31(24(2)7-9-30(40)23-32(41)44-33)43-34(42)38-13-11-36(5)12-14-38/h6,8,10,19-22,24-25,30-31,33,40H,1,7,9,11-18,23H2,2-5H3/b10-8+,26-19+/t24-,25-,30+,31-,33-/m0/s1. The van der Waals surface area contributed by atoms with Gasteiger partial charge in [0.2, 0.25) is 0 Å². The maximum Gasteiger partial charge on any atom is 0.410 e. The Labute approximate surface area is 271 Å². The van der Waals surface area contributed by atoms with Crippen molar-refractivity contribution in [1.82, 2.24) is 14.1 Å². The molecule has 3 aliphatic heterocycles. The number of nitrogens with zero attached hydrogens (tertiary/aromatic N) is 4. The molecule has 3 heterocycles. The summed E-state index contributed by atoms with van der Waals surface area (Å²) in [6.07, 6.45) is 4.15. The molecule has 45 heavy (non-hydrogen) atoms. The number of aliphatic hydroxyl groups is 1. The molecule has 2 fully saturated rings. The van der Waals surface area contributed by atoms with Crippen molar-refractivity contribution in [3.8, 4) is 0 Å². The first-order valence-electron chi connectivity index (χ1n) is 16.0. The molecule has 0 radical (unpaired) electrons. The summed E-state index contributed by atoms with van der Waals surface area (Å²) in [4.78, 5) is 32.0. The van der Waals surface area contributed by atoms with Crippen LogP contribution in [0.15, 0.2) is 47.9 Å². The molecule has 0 aromatic heterocycles. The van der Waals surface area contributed by atoms with E-state index in [9.17, 15) is 19.1 Å². The van der Waals surface area contributed by atoms with Crippen LogP contribution >= 0.6 is 11.9 Å². The lowest BCUT2D eigenvalue weighted by molar-refractivity contribution is -0.151. The van der Waals surface area contributed by atoms with Gasteiger partial charge in [-0.05, 0) is 73.6 Å². The highest BCUT2D eigenvalue weighted by Gasteiger charge is 2.29. The second-order valence-electron chi connectivity index (χ2n) is 12.5. The topological polar surface area (TPSA) is 85.8 Å². The molecule has 0 aliphatic carbocycles. The molecule has 248 valence electrons. The third kappa shape index (κ3) is 10.3. The Morgan fingerprint density at radius 3 is 2.47 bits per heavy atom. The van der Waals surface area contributed by atoms with Crippen LogP contribution in [0.25, 0.3) is 6.08 Å². The number of halogens is 1. The van der Waals surface area contributed by atoms with Gasteiger partial charge in [0.15, 0.2) is 0 Å². The van der Waals surface area contributed by atoms with E-state index >= 15 is 0 Å². The normalized spacial score (nSPS) is 28.9. The predicted octanol–water partition coefficient (Wildman–Crippen LogP) is 5.18. The zero-order valence-electron chi connectivity index (χ0n) is 27.1. The fraction of sp³-hybridized carbons (Fsp3) is 0.588. The molecule has 0 spiro atoms. The van der Waals surface area contributed by atoms with Crippen LogP contribution in [-0.4, -0.2) is 109 Å². The van der Waals surface area contributed by atoms with Crippen molar-refractivity contribution in [3.05, 3.63) is 59.3 Å². The van der Waals surface area contributed by atoms with Crippen molar-refractivity contribution >= 4 is 35.8 Å². The van der Waals surface area contributed by atoms with Crippen molar-refractivity contribution in [1.29, 1.82) is 0 Å². The number of benzene rings is 1. The molecule has 1 aromatic carbocycles. The van der Waals surface area contributed by atoms with Crippen molar-refractivity contribution in [2.24, 2.45) is 11.8 Å². The quantitative estimate of drug-likeness (QED) is 0.256. The summed E-state index contributed by atoms with van der Waals surface area (Å²) in [5.41, 5.74) is 2.23. The second-order valence-corrected chi connectivity index (χ2v) is 13.6. The van der Waals surface area contributed by atoms with E-state index in [-0.39, 0.29) is 30.2 Å². The molecule has 3 aliphatic rings. The Kier molecular flexibility index (Phi) is 12.9. The maximum atomic E-state index is 14.8. The number of piperazine rings is 2. The average molecular weight is 645 g/mol. The number of aliphatic hydroxyl groups excluding tert-OH is 1. The average Bonchev–Trinajstić information content (AvgIpc) is 3.00. The molecule has 11 heteroatoms. The highest BCUT2D eigenvalue weighted by atomic mass is 32.2. The van der Waals surface area contributed by atoms with Crippen LogP contribution in [0.2, 0.25) is 0 Å². The molecule has 0 bridgehead atoms. The van der Waals surface area contributed by atoms with Crippen LogP contribution in [0, 0.1) is 17.7 Å². The molecular formula is C34H49FN4O5S. The minimum Gasteiger partial charge on any atom is -0.457 e. The van der Waals surface area contributed by atoms with Gasteiger partial charge in [0.05, 0.1) is 12.5 Å². The Morgan fingerprint density at radius 1 is 1.07 bits per heavy atom. The molecule has 0 saturated carbocycles. The van der Waals surface area contributed by atoms with Crippen LogP contribution < -0.4 is 4.90 Å². The number of hydrogen-bond donors (Lipinski definition) is 1. The Morgan fingerprint density at radius 2 is 1.78 bits per heavy atom. The van der Waals surface area contributed by atoms with Gasteiger partial charge in [0.1, 0.15) is 18.0 Å². The van der Waals surface area contributed by atoms with E-state index < -0.39 is 24.3 Å². The summed E-state index contributed by atoms with van der Waals surface area (Å²) in [6.45, 7) is 15.6. The smallest absolute Gasteiger partial charge is 0.410 e. The molecule has 9 nitrogen and oxygen atoms in total. The first-order chi connectivity index (χ1) is 21.5. The van der Waals surface area contributed by atoms with Gasteiger partial charge in [-0.15, -0.1) is 0 Å². The summed E-state index contributed by atoms with van der Waals surface area (Å²) >= 11 is 1.59. The Bertz CT molecular complexity index is 1230. The first kappa shape index (κ1) is 35.0. The number of cyclic esters (lactones) is 1. The maximum absolute atomic E-state index is 14.8. The highest BCUT2D eigenvalue weighted by molar-refractivity contribution is 7.99. The highest BCUT2D eigenvalue weighted by Crippen LogP contribution is 2.28. The summed E-state index contributed by atoms with van der Waals surface area (Å²) in [5, 5.41) is 12.4. The first-order valence-corrected chi connectivity index (χ1v) is 16.8. The van der Waals surface area contributed by atoms with E-state index in [1.165, 1.54) is 6.07 Å². The molecule has 1 N–H and O–H groups in total. The number of anilines is 1. The minimum absolute atomic E-state index is 0.0620. The Hall–Kier alpha value is -2.86. The predicted molar refractivity (Wildman–Crippen MR) is 178 cm³/mol. The monoisotopic (exact) mass is 644 g/mol. The number of carbonyl (C=O) groups is 2. The number of esters is 1. The number of rotatable bonds is 6.